The summed E-state index contributed by atoms with van der Waals surface area (Å²) in [5.74, 6) is -0.756. The fourth-order valence-electron chi connectivity index (χ4n) is 2.44. The largest absolute Gasteiger partial charge is 0.456 e. The Bertz CT molecular complexity index is 565. The van der Waals surface area contributed by atoms with E-state index in [1.807, 2.05) is 45.9 Å². The first kappa shape index (κ1) is 20.5. The number of amides is 3. The third kappa shape index (κ3) is 7.69. The molecule has 0 fully saturated rings. The highest BCUT2D eigenvalue weighted by atomic mass is 16.5. The minimum absolute atomic E-state index is 0.00114. The fourth-order valence-corrected chi connectivity index (χ4v) is 2.44. The van der Waals surface area contributed by atoms with Gasteiger partial charge in [-0.3, -0.25) is 9.59 Å². The van der Waals surface area contributed by atoms with Crippen molar-refractivity contribution in [2.45, 2.75) is 46.2 Å². The van der Waals surface area contributed by atoms with Crippen LogP contribution in [0.5, 0.6) is 0 Å². The normalized spacial score (nSPS) is 10.5. The molecule has 25 heavy (non-hydrogen) atoms. The first-order valence-corrected chi connectivity index (χ1v) is 8.38. The SMILES string of the molecule is CC(C)N(C(=O)COC(=O)CCNC(=O)Nc1ccccc1)C(C)C. The Kier molecular flexibility index (Phi) is 8.46. The van der Waals surface area contributed by atoms with Crippen molar-refractivity contribution in [2.75, 3.05) is 18.5 Å². The van der Waals surface area contributed by atoms with Gasteiger partial charge < -0.3 is 20.3 Å². The molecular weight excluding hydrogens is 322 g/mol. The van der Waals surface area contributed by atoms with Gasteiger partial charge in [0.1, 0.15) is 0 Å². The third-order valence-corrected chi connectivity index (χ3v) is 3.40. The van der Waals surface area contributed by atoms with Crippen LogP contribution in [0.2, 0.25) is 0 Å². The van der Waals surface area contributed by atoms with E-state index < -0.39 is 12.0 Å². The zero-order valence-electron chi connectivity index (χ0n) is 15.2. The number of anilines is 1. The van der Waals surface area contributed by atoms with Crippen LogP contribution < -0.4 is 10.6 Å². The van der Waals surface area contributed by atoms with Gasteiger partial charge in [0, 0.05) is 24.3 Å². The molecule has 3 amide bonds. The average Bonchev–Trinajstić information content (AvgIpc) is 2.53. The highest BCUT2D eigenvalue weighted by molar-refractivity contribution is 5.89. The molecule has 0 bridgehead atoms. The molecule has 7 heteroatoms. The standard InChI is InChI=1S/C18H27N3O4/c1-13(2)21(14(3)4)16(22)12-25-17(23)10-11-19-18(24)20-15-8-6-5-7-9-15/h5-9,13-14H,10-12H2,1-4H3,(H2,19,20,24). The Labute approximate surface area is 148 Å². The van der Waals surface area contributed by atoms with Gasteiger partial charge in [-0.05, 0) is 39.8 Å². The number of hydrogen-bond acceptors (Lipinski definition) is 4. The molecule has 0 aliphatic heterocycles. The summed E-state index contributed by atoms with van der Waals surface area (Å²) in [6.07, 6.45) is -0.00114. The summed E-state index contributed by atoms with van der Waals surface area (Å²) < 4.78 is 4.98. The Morgan fingerprint density at radius 1 is 1.04 bits per heavy atom. The maximum absolute atomic E-state index is 12.1. The number of nitrogens with one attached hydrogen (secondary N) is 2. The molecular formula is C18H27N3O4. The number of hydrogen-bond donors (Lipinski definition) is 2. The number of benzene rings is 1. The lowest BCUT2D eigenvalue weighted by atomic mass is 10.2. The summed E-state index contributed by atoms with van der Waals surface area (Å²) in [5, 5.41) is 5.21. The van der Waals surface area contributed by atoms with Crippen LogP contribution in [0.4, 0.5) is 10.5 Å². The molecule has 0 aromatic heterocycles. The molecule has 0 saturated heterocycles. The first-order chi connectivity index (χ1) is 11.8. The van der Waals surface area contributed by atoms with E-state index in [-0.39, 0.29) is 37.6 Å². The molecule has 0 aliphatic carbocycles. The van der Waals surface area contributed by atoms with Crippen molar-refractivity contribution in [3.63, 3.8) is 0 Å². The van der Waals surface area contributed by atoms with E-state index in [0.717, 1.165) is 0 Å². The number of ether oxygens (including phenoxy) is 1. The van der Waals surface area contributed by atoms with Crippen LogP contribution in [0.15, 0.2) is 30.3 Å². The van der Waals surface area contributed by atoms with Crippen molar-refractivity contribution in [3.8, 4) is 0 Å². The van der Waals surface area contributed by atoms with Gasteiger partial charge in [0.25, 0.3) is 5.91 Å². The van der Waals surface area contributed by atoms with E-state index in [1.54, 1.807) is 17.0 Å². The summed E-state index contributed by atoms with van der Waals surface area (Å²) >= 11 is 0. The Morgan fingerprint density at radius 3 is 2.20 bits per heavy atom. The number of rotatable bonds is 8. The molecule has 0 saturated carbocycles. The number of para-hydroxylation sites is 1. The lowest BCUT2D eigenvalue weighted by molar-refractivity contribution is -0.153. The van der Waals surface area contributed by atoms with Gasteiger partial charge in [-0.15, -0.1) is 0 Å². The summed E-state index contributed by atoms with van der Waals surface area (Å²) in [4.78, 5) is 37.1. The maximum Gasteiger partial charge on any atom is 0.319 e. The van der Waals surface area contributed by atoms with E-state index in [4.69, 9.17) is 4.74 Å². The second kappa shape index (κ2) is 10.3. The minimum Gasteiger partial charge on any atom is -0.456 e. The number of carbonyl (C=O) groups excluding carboxylic acids is 3. The lowest BCUT2D eigenvalue weighted by Gasteiger charge is -2.30. The topological polar surface area (TPSA) is 87.7 Å². The quantitative estimate of drug-likeness (QED) is 0.706. The molecule has 0 atom stereocenters. The van der Waals surface area contributed by atoms with Gasteiger partial charge in [-0.2, -0.15) is 0 Å². The van der Waals surface area contributed by atoms with Crippen LogP contribution >= 0.6 is 0 Å². The molecule has 138 valence electrons. The van der Waals surface area contributed by atoms with Gasteiger partial charge >= 0.3 is 12.0 Å². The van der Waals surface area contributed by atoms with Crippen molar-refractivity contribution >= 4 is 23.6 Å². The van der Waals surface area contributed by atoms with E-state index >= 15 is 0 Å². The lowest BCUT2D eigenvalue weighted by Crippen LogP contribution is -2.44. The number of urea groups is 1. The van der Waals surface area contributed by atoms with Crippen molar-refractivity contribution in [2.24, 2.45) is 0 Å². The molecule has 0 aliphatic rings. The van der Waals surface area contributed by atoms with Crippen LogP contribution in [0.1, 0.15) is 34.1 Å². The predicted molar refractivity (Wildman–Crippen MR) is 96.2 cm³/mol. The molecule has 0 unspecified atom stereocenters. The minimum atomic E-state index is -0.527. The number of carbonyl (C=O) groups is 3. The molecule has 1 aromatic carbocycles. The number of esters is 1. The van der Waals surface area contributed by atoms with Crippen LogP contribution in [0, 0.1) is 0 Å². The summed E-state index contributed by atoms with van der Waals surface area (Å²) in [7, 11) is 0. The zero-order valence-corrected chi connectivity index (χ0v) is 15.2. The van der Waals surface area contributed by atoms with Crippen LogP contribution in [-0.4, -0.2) is 48.0 Å². The first-order valence-electron chi connectivity index (χ1n) is 8.38. The van der Waals surface area contributed by atoms with Crippen molar-refractivity contribution in [1.29, 1.82) is 0 Å². The third-order valence-electron chi connectivity index (χ3n) is 3.40. The molecule has 0 spiro atoms. The van der Waals surface area contributed by atoms with E-state index in [1.165, 1.54) is 0 Å². The molecule has 7 nitrogen and oxygen atoms in total. The highest BCUT2D eigenvalue weighted by Crippen LogP contribution is 2.06. The Balaban J connectivity index is 2.26. The van der Waals surface area contributed by atoms with E-state index in [0.29, 0.717) is 5.69 Å². The second-order valence-electron chi connectivity index (χ2n) is 6.15. The Hall–Kier alpha value is -2.57. The summed E-state index contributed by atoms with van der Waals surface area (Å²) in [6.45, 7) is 7.49. The van der Waals surface area contributed by atoms with Gasteiger partial charge in [0.05, 0.1) is 6.42 Å². The molecule has 1 rings (SSSR count). The Morgan fingerprint density at radius 2 is 1.64 bits per heavy atom. The maximum atomic E-state index is 12.1. The van der Waals surface area contributed by atoms with Gasteiger partial charge in [-0.1, -0.05) is 18.2 Å². The fraction of sp³-hybridized carbons (Fsp3) is 0.500. The van der Waals surface area contributed by atoms with Gasteiger partial charge in [-0.25, -0.2) is 4.79 Å². The van der Waals surface area contributed by atoms with Gasteiger partial charge in [0.15, 0.2) is 6.61 Å². The highest BCUT2D eigenvalue weighted by Gasteiger charge is 2.21. The molecule has 0 heterocycles. The van der Waals surface area contributed by atoms with Crippen molar-refractivity contribution < 1.29 is 19.1 Å². The average molecular weight is 349 g/mol. The van der Waals surface area contributed by atoms with Crippen LogP contribution in [0.25, 0.3) is 0 Å². The second-order valence-corrected chi connectivity index (χ2v) is 6.15. The number of nitrogens with zero attached hydrogens (tertiary/aromatic N) is 1. The van der Waals surface area contributed by atoms with Crippen LogP contribution in [0.3, 0.4) is 0 Å². The summed E-state index contributed by atoms with van der Waals surface area (Å²) in [6, 6.07) is 8.65. The zero-order chi connectivity index (χ0) is 18.8. The molecule has 2 N–H and O–H groups in total. The smallest absolute Gasteiger partial charge is 0.319 e. The monoisotopic (exact) mass is 349 g/mol. The molecule has 1 aromatic rings. The molecule has 0 radical (unpaired) electrons. The van der Waals surface area contributed by atoms with Crippen molar-refractivity contribution in [3.05, 3.63) is 30.3 Å². The van der Waals surface area contributed by atoms with E-state index in [2.05, 4.69) is 10.6 Å². The van der Waals surface area contributed by atoms with Crippen LogP contribution in [-0.2, 0) is 14.3 Å². The van der Waals surface area contributed by atoms with Crippen molar-refractivity contribution in [1.82, 2.24) is 10.2 Å². The van der Waals surface area contributed by atoms with E-state index in [9.17, 15) is 14.4 Å². The summed E-state index contributed by atoms with van der Waals surface area (Å²) in [5.41, 5.74) is 0.663. The predicted octanol–water partition coefficient (Wildman–Crippen LogP) is 2.39. The van der Waals surface area contributed by atoms with Gasteiger partial charge in [0.2, 0.25) is 0 Å².